The number of hydrogen-bond acceptors (Lipinski definition) is 2. The Morgan fingerprint density at radius 1 is 1.27 bits per heavy atom. The Labute approximate surface area is 93.7 Å². The van der Waals surface area contributed by atoms with Crippen molar-refractivity contribution >= 4 is 0 Å². The van der Waals surface area contributed by atoms with E-state index in [2.05, 4.69) is 18.7 Å². The van der Waals surface area contributed by atoms with Crippen molar-refractivity contribution in [2.45, 2.75) is 51.6 Å². The van der Waals surface area contributed by atoms with E-state index in [4.69, 9.17) is 0 Å². The third-order valence-corrected chi connectivity index (χ3v) is 4.21. The van der Waals surface area contributed by atoms with Gasteiger partial charge in [-0.15, -0.1) is 0 Å². The van der Waals surface area contributed by atoms with Gasteiger partial charge in [0, 0.05) is 19.6 Å². The molecule has 0 aromatic heterocycles. The third kappa shape index (κ3) is 2.54. The highest BCUT2D eigenvalue weighted by atomic mass is 16.3. The Bertz CT molecular complexity index is 203. The van der Waals surface area contributed by atoms with Crippen LogP contribution in [0.1, 0.15) is 46.0 Å². The van der Waals surface area contributed by atoms with Crippen molar-refractivity contribution in [3.8, 4) is 0 Å². The average molecular weight is 211 g/mol. The van der Waals surface area contributed by atoms with E-state index < -0.39 is 0 Å². The Kier molecular flexibility index (Phi) is 3.36. The first-order valence-electron chi connectivity index (χ1n) is 6.55. The second kappa shape index (κ2) is 4.42. The lowest BCUT2D eigenvalue weighted by Crippen LogP contribution is -2.51. The largest absolute Gasteiger partial charge is 0.390 e. The van der Waals surface area contributed by atoms with Gasteiger partial charge in [-0.05, 0) is 37.5 Å². The maximum absolute atomic E-state index is 10.5. The fraction of sp³-hybridized carbons (Fsp3) is 1.00. The molecular formula is C13H25NO. The van der Waals surface area contributed by atoms with Crippen LogP contribution in [0.4, 0.5) is 0 Å². The van der Waals surface area contributed by atoms with Crippen LogP contribution < -0.4 is 0 Å². The second-order valence-corrected chi connectivity index (χ2v) is 5.93. The minimum atomic E-state index is -0.300. The summed E-state index contributed by atoms with van der Waals surface area (Å²) in [7, 11) is 0. The predicted octanol–water partition coefficient (Wildman–Crippen LogP) is 2.27. The molecule has 1 saturated carbocycles. The van der Waals surface area contributed by atoms with Crippen LogP contribution in [0.25, 0.3) is 0 Å². The summed E-state index contributed by atoms with van der Waals surface area (Å²) in [6, 6.07) is 0. The first kappa shape index (κ1) is 11.4. The van der Waals surface area contributed by atoms with E-state index in [1.165, 1.54) is 25.8 Å². The Hall–Kier alpha value is -0.0800. The molecule has 1 aliphatic heterocycles. The molecule has 0 aromatic rings. The monoisotopic (exact) mass is 211 g/mol. The number of rotatable bonds is 3. The van der Waals surface area contributed by atoms with E-state index in [1.54, 1.807) is 0 Å². The minimum Gasteiger partial charge on any atom is -0.390 e. The van der Waals surface area contributed by atoms with Gasteiger partial charge in [-0.1, -0.05) is 20.3 Å². The number of nitrogens with zero attached hydrogens (tertiary/aromatic N) is 1. The first-order chi connectivity index (χ1) is 7.10. The summed E-state index contributed by atoms with van der Waals surface area (Å²) in [4.78, 5) is 2.51. The maximum Gasteiger partial charge on any atom is 0.0700 e. The van der Waals surface area contributed by atoms with Crippen LogP contribution in [0.15, 0.2) is 0 Å². The second-order valence-electron chi connectivity index (χ2n) is 5.93. The average Bonchev–Trinajstić information content (AvgIpc) is 2.05. The highest BCUT2D eigenvalue weighted by molar-refractivity contribution is 4.94. The van der Waals surface area contributed by atoms with Crippen molar-refractivity contribution in [2.24, 2.45) is 11.8 Å². The van der Waals surface area contributed by atoms with Crippen molar-refractivity contribution in [3.05, 3.63) is 0 Å². The van der Waals surface area contributed by atoms with Crippen molar-refractivity contribution in [1.82, 2.24) is 4.90 Å². The molecule has 2 nitrogen and oxygen atoms in total. The SMILES string of the molecule is CC(C)CN1CCC(O)(C2CCC2)CC1. The zero-order valence-electron chi connectivity index (χ0n) is 10.2. The number of aliphatic hydroxyl groups is 1. The Balaban J connectivity index is 1.80. The van der Waals surface area contributed by atoms with Gasteiger partial charge in [0.05, 0.1) is 5.60 Å². The molecule has 2 fully saturated rings. The molecule has 88 valence electrons. The summed E-state index contributed by atoms with van der Waals surface area (Å²) in [5, 5.41) is 10.5. The van der Waals surface area contributed by atoms with Gasteiger partial charge in [0.2, 0.25) is 0 Å². The van der Waals surface area contributed by atoms with Crippen molar-refractivity contribution in [2.75, 3.05) is 19.6 Å². The van der Waals surface area contributed by atoms with Gasteiger partial charge in [-0.25, -0.2) is 0 Å². The van der Waals surface area contributed by atoms with Gasteiger partial charge in [-0.3, -0.25) is 0 Å². The van der Waals surface area contributed by atoms with E-state index in [0.29, 0.717) is 5.92 Å². The number of likely N-dealkylation sites (tertiary alicyclic amines) is 1. The van der Waals surface area contributed by atoms with Gasteiger partial charge < -0.3 is 10.0 Å². The molecule has 0 bridgehead atoms. The zero-order chi connectivity index (χ0) is 10.9. The smallest absolute Gasteiger partial charge is 0.0700 e. The van der Waals surface area contributed by atoms with E-state index in [0.717, 1.165) is 31.8 Å². The van der Waals surface area contributed by atoms with Gasteiger partial charge >= 0.3 is 0 Å². The number of hydrogen-bond donors (Lipinski definition) is 1. The fourth-order valence-electron chi connectivity index (χ4n) is 2.99. The predicted molar refractivity (Wildman–Crippen MR) is 62.8 cm³/mol. The van der Waals surface area contributed by atoms with E-state index in [9.17, 15) is 5.11 Å². The van der Waals surface area contributed by atoms with Crippen molar-refractivity contribution in [1.29, 1.82) is 0 Å². The molecule has 2 rings (SSSR count). The van der Waals surface area contributed by atoms with Gasteiger partial charge in [-0.2, -0.15) is 0 Å². The highest BCUT2D eigenvalue weighted by Crippen LogP contribution is 2.41. The lowest BCUT2D eigenvalue weighted by Gasteiger charge is -2.46. The summed E-state index contributed by atoms with van der Waals surface area (Å²) >= 11 is 0. The molecule has 15 heavy (non-hydrogen) atoms. The van der Waals surface area contributed by atoms with Crippen molar-refractivity contribution in [3.63, 3.8) is 0 Å². The first-order valence-corrected chi connectivity index (χ1v) is 6.55. The maximum atomic E-state index is 10.5. The van der Waals surface area contributed by atoms with E-state index in [-0.39, 0.29) is 5.60 Å². The van der Waals surface area contributed by atoms with Crippen LogP contribution >= 0.6 is 0 Å². The normalized spacial score (nSPS) is 28.0. The molecule has 0 unspecified atom stereocenters. The summed E-state index contributed by atoms with van der Waals surface area (Å²) in [6.45, 7) is 7.94. The molecule has 2 heteroatoms. The van der Waals surface area contributed by atoms with Crippen molar-refractivity contribution < 1.29 is 5.11 Å². The number of piperidine rings is 1. The lowest BCUT2D eigenvalue weighted by molar-refractivity contribution is -0.0919. The van der Waals surface area contributed by atoms with E-state index >= 15 is 0 Å². The molecule has 0 atom stereocenters. The molecule has 2 aliphatic rings. The van der Waals surface area contributed by atoms with Crippen LogP contribution in [0.5, 0.6) is 0 Å². The van der Waals surface area contributed by atoms with Crippen LogP contribution in [0.2, 0.25) is 0 Å². The molecule has 0 amide bonds. The Morgan fingerprint density at radius 3 is 2.27 bits per heavy atom. The molecule has 0 radical (unpaired) electrons. The van der Waals surface area contributed by atoms with Gasteiger partial charge in [0.1, 0.15) is 0 Å². The standard InChI is InChI=1S/C13H25NO/c1-11(2)10-14-8-6-13(15,7-9-14)12-4-3-5-12/h11-12,15H,3-10H2,1-2H3. The molecule has 1 aliphatic carbocycles. The molecule has 1 saturated heterocycles. The topological polar surface area (TPSA) is 23.5 Å². The van der Waals surface area contributed by atoms with E-state index in [1.807, 2.05) is 0 Å². The lowest BCUT2D eigenvalue weighted by atomic mass is 9.69. The van der Waals surface area contributed by atoms with Crippen LogP contribution in [-0.4, -0.2) is 35.2 Å². The molecule has 0 aromatic carbocycles. The van der Waals surface area contributed by atoms with Gasteiger partial charge in [0.15, 0.2) is 0 Å². The van der Waals surface area contributed by atoms with Gasteiger partial charge in [0.25, 0.3) is 0 Å². The quantitative estimate of drug-likeness (QED) is 0.774. The third-order valence-electron chi connectivity index (χ3n) is 4.21. The van der Waals surface area contributed by atoms with Crippen LogP contribution in [-0.2, 0) is 0 Å². The highest BCUT2D eigenvalue weighted by Gasteiger charge is 2.42. The summed E-state index contributed by atoms with van der Waals surface area (Å²) in [5.74, 6) is 1.37. The Morgan fingerprint density at radius 2 is 1.87 bits per heavy atom. The summed E-state index contributed by atoms with van der Waals surface area (Å²) in [5.41, 5.74) is -0.300. The molecular weight excluding hydrogens is 186 g/mol. The van der Waals surface area contributed by atoms with Crippen LogP contribution in [0.3, 0.4) is 0 Å². The molecule has 1 N–H and O–H groups in total. The minimum absolute atomic E-state index is 0.300. The summed E-state index contributed by atoms with van der Waals surface area (Å²) in [6.07, 6.45) is 5.87. The zero-order valence-corrected chi connectivity index (χ0v) is 10.2. The molecule has 1 heterocycles. The summed E-state index contributed by atoms with van der Waals surface area (Å²) < 4.78 is 0. The fourth-order valence-corrected chi connectivity index (χ4v) is 2.99. The van der Waals surface area contributed by atoms with Crippen LogP contribution in [0, 0.1) is 11.8 Å². The molecule has 0 spiro atoms.